The van der Waals surface area contributed by atoms with Gasteiger partial charge in [0.1, 0.15) is 0 Å². The summed E-state index contributed by atoms with van der Waals surface area (Å²) in [6.07, 6.45) is 6.29. The fourth-order valence-electron chi connectivity index (χ4n) is 4.70. The lowest BCUT2D eigenvalue weighted by molar-refractivity contribution is -0.131. The van der Waals surface area contributed by atoms with Crippen molar-refractivity contribution in [3.63, 3.8) is 0 Å². The zero-order valence-electron chi connectivity index (χ0n) is 16.7. The third-order valence-electron chi connectivity index (χ3n) is 6.27. The Kier molecular flexibility index (Phi) is 5.23. The first-order valence-electron chi connectivity index (χ1n) is 10.8. The van der Waals surface area contributed by atoms with Crippen LogP contribution in [0.2, 0.25) is 0 Å². The van der Waals surface area contributed by atoms with Crippen molar-refractivity contribution in [3.8, 4) is 0 Å². The molecular formula is C24H27N3OS. The molecule has 150 valence electrons. The standard InChI is InChI=1S/C24H27N3OS/c28-23(26-14-7-1-2-8-15-26)17-21-19-10-4-3-9-18(19)13-16-27(21)24-25-20-11-5-6-12-22(20)29-24/h3-6,9-12,21H,1-2,7-8,13-17H2. The van der Waals surface area contributed by atoms with Gasteiger partial charge in [-0.25, -0.2) is 4.98 Å². The highest BCUT2D eigenvalue weighted by Crippen LogP contribution is 2.39. The predicted octanol–water partition coefficient (Wildman–Crippen LogP) is 5.19. The number of nitrogens with zero attached hydrogens (tertiary/aromatic N) is 3. The van der Waals surface area contributed by atoms with Crippen LogP contribution < -0.4 is 4.90 Å². The molecule has 0 N–H and O–H groups in total. The van der Waals surface area contributed by atoms with Crippen LogP contribution in [0.3, 0.4) is 0 Å². The summed E-state index contributed by atoms with van der Waals surface area (Å²) in [5, 5.41) is 1.04. The molecule has 1 unspecified atom stereocenters. The average molecular weight is 406 g/mol. The number of likely N-dealkylation sites (tertiary alicyclic amines) is 1. The summed E-state index contributed by atoms with van der Waals surface area (Å²) in [4.78, 5) is 22.6. The first-order chi connectivity index (χ1) is 14.3. The molecule has 2 aliphatic heterocycles. The molecule has 3 aromatic rings. The summed E-state index contributed by atoms with van der Waals surface area (Å²) >= 11 is 1.74. The molecule has 0 radical (unpaired) electrons. The predicted molar refractivity (Wildman–Crippen MR) is 120 cm³/mol. The number of hydrogen-bond donors (Lipinski definition) is 0. The number of para-hydroxylation sites is 1. The lowest BCUT2D eigenvalue weighted by atomic mass is 9.90. The van der Waals surface area contributed by atoms with Gasteiger partial charge in [-0.3, -0.25) is 4.79 Å². The van der Waals surface area contributed by atoms with Gasteiger partial charge in [0.2, 0.25) is 5.91 Å². The van der Waals surface area contributed by atoms with Gasteiger partial charge in [-0.2, -0.15) is 0 Å². The van der Waals surface area contributed by atoms with Crippen LogP contribution in [-0.2, 0) is 11.2 Å². The van der Waals surface area contributed by atoms with Crippen molar-refractivity contribution in [2.45, 2.75) is 44.6 Å². The molecule has 1 atom stereocenters. The molecule has 1 amide bonds. The van der Waals surface area contributed by atoms with E-state index in [1.54, 1.807) is 11.3 Å². The van der Waals surface area contributed by atoms with Crippen LogP contribution in [0.25, 0.3) is 10.2 Å². The second kappa shape index (κ2) is 8.15. The van der Waals surface area contributed by atoms with Gasteiger partial charge >= 0.3 is 0 Å². The smallest absolute Gasteiger partial charge is 0.224 e. The summed E-state index contributed by atoms with van der Waals surface area (Å²) in [6, 6.07) is 17.0. The maximum absolute atomic E-state index is 13.3. The molecule has 5 heteroatoms. The van der Waals surface area contributed by atoms with E-state index in [0.717, 1.165) is 49.5 Å². The Bertz CT molecular complexity index is 973. The third-order valence-corrected chi connectivity index (χ3v) is 7.34. The number of fused-ring (bicyclic) bond motifs is 2. The van der Waals surface area contributed by atoms with Gasteiger partial charge in [-0.15, -0.1) is 0 Å². The molecule has 0 spiro atoms. The molecule has 1 fully saturated rings. The van der Waals surface area contributed by atoms with Crippen molar-refractivity contribution in [3.05, 3.63) is 59.7 Å². The molecule has 3 heterocycles. The Balaban J connectivity index is 1.47. The first kappa shape index (κ1) is 18.6. The minimum Gasteiger partial charge on any atom is -0.343 e. The number of carbonyl (C=O) groups is 1. The molecule has 4 nitrogen and oxygen atoms in total. The first-order valence-corrected chi connectivity index (χ1v) is 11.6. The molecule has 0 bridgehead atoms. The van der Waals surface area contributed by atoms with E-state index in [1.165, 1.54) is 28.7 Å². The second-order valence-corrected chi connectivity index (χ2v) is 9.13. The Morgan fingerprint density at radius 1 is 0.966 bits per heavy atom. The molecule has 1 aromatic heterocycles. The fourth-order valence-corrected chi connectivity index (χ4v) is 5.74. The highest BCUT2D eigenvalue weighted by Gasteiger charge is 2.32. The van der Waals surface area contributed by atoms with Gasteiger partial charge in [0, 0.05) is 19.6 Å². The largest absolute Gasteiger partial charge is 0.343 e. The lowest BCUT2D eigenvalue weighted by Gasteiger charge is -2.38. The average Bonchev–Trinajstić information content (AvgIpc) is 2.99. The highest BCUT2D eigenvalue weighted by atomic mass is 32.1. The van der Waals surface area contributed by atoms with Crippen molar-refractivity contribution >= 4 is 32.6 Å². The van der Waals surface area contributed by atoms with Crippen LogP contribution in [-0.4, -0.2) is 35.4 Å². The zero-order chi connectivity index (χ0) is 19.6. The second-order valence-electron chi connectivity index (χ2n) is 8.12. The summed E-state index contributed by atoms with van der Waals surface area (Å²) < 4.78 is 1.21. The fraction of sp³-hybridized carbons (Fsp3) is 0.417. The number of thiazole rings is 1. The third kappa shape index (κ3) is 3.76. The number of benzene rings is 2. The van der Waals surface area contributed by atoms with Crippen LogP contribution in [0.4, 0.5) is 5.13 Å². The van der Waals surface area contributed by atoms with Gasteiger partial charge in [-0.1, -0.05) is 60.6 Å². The molecule has 0 aliphatic carbocycles. The van der Waals surface area contributed by atoms with E-state index in [4.69, 9.17) is 4.98 Å². The number of amides is 1. The van der Waals surface area contributed by atoms with E-state index in [9.17, 15) is 4.79 Å². The minimum atomic E-state index is 0.0660. The molecule has 0 saturated carbocycles. The van der Waals surface area contributed by atoms with Crippen molar-refractivity contribution < 1.29 is 4.79 Å². The van der Waals surface area contributed by atoms with Crippen molar-refractivity contribution in [1.82, 2.24) is 9.88 Å². The van der Waals surface area contributed by atoms with Crippen molar-refractivity contribution in [2.75, 3.05) is 24.5 Å². The summed E-state index contributed by atoms with van der Waals surface area (Å²) in [5.41, 5.74) is 3.71. The Morgan fingerprint density at radius 3 is 2.55 bits per heavy atom. The normalized spacial score (nSPS) is 19.8. The summed E-state index contributed by atoms with van der Waals surface area (Å²) in [5.74, 6) is 0.291. The lowest BCUT2D eigenvalue weighted by Crippen LogP contribution is -2.40. The van der Waals surface area contributed by atoms with E-state index >= 15 is 0 Å². The van der Waals surface area contributed by atoms with Crippen LogP contribution in [0.1, 0.15) is 49.3 Å². The van der Waals surface area contributed by atoms with Crippen LogP contribution >= 0.6 is 11.3 Å². The molecule has 5 rings (SSSR count). The van der Waals surface area contributed by atoms with E-state index in [1.807, 2.05) is 6.07 Å². The number of carbonyl (C=O) groups excluding carboxylic acids is 1. The molecule has 29 heavy (non-hydrogen) atoms. The van der Waals surface area contributed by atoms with Crippen molar-refractivity contribution in [1.29, 1.82) is 0 Å². The van der Waals surface area contributed by atoms with Crippen LogP contribution in [0.15, 0.2) is 48.5 Å². The summed E-state index contributed by atoms with van der Waals surface area (Å²) in [7, 11) is 0. The van der Waals surface area contributed by atoms with E-state index in [-0.39, 0.29) is 6.04 Å². The van der Waals surface area contributed by atoms with Crippen molar-refractivity contribution in [2.24, 2.45) is 0 Å². The number of rotatable bonds is 3. The highest BCUT2D eigenvalue weighted by molar-refractivity contribution is 7.22. The Labute approximate surface area is 176 Å². The van der Waals surface area contributed by atoms with Gasteiger partial charge in [-0.05, 0) is 42.5 Å². The molecule has 1 saturated heterocycles. The maximum atomic E-state index is 13.3. The number of anilines is 1. The van der Waals surface area contributed by atoms with E-state index in [2.05, 4.69) is 52.3 Å². The zero-order valence-corrected chi connectivity index (χ0v) is 17.5. The van der Waals surface area contributed by atoms with E-state index in [0.29, 0.717) is 12.3 Å². The number of aromatic nitrogens is 1. The maximum Gasteiger partial charge on any atom is 0.224 e. The van der Waals surface area contributed by atoms with Gasteiger partial charge in [0.05, 0.1) is 22.7 Å². The van der Waals surface area contributed by atoms with Gasteiger partial charge < -0.3 is 9.80 Å². The Morgan fingerprint density at radius 2 is 1.72 bits per heavy atom. The topological polar surface area (TPSA) is 36.4 Å². The summed E-state index contributed by atoms with van der Waals surface area (Å²) in [6.45, 7) is 2.73. The monoisotopic (exact) mass is 405 g/mol. The minimum absolute atomic E-state index is 0.0660. The molecular weight excluding hydrogens is 378 g/mol. The van der Waals surface area contributed by atoms with Gasteiger partial charge in [0.15, 0.2) is 5.13 Å². The molecule has 2 aliphatic rings. The van der Waals surface area contributed by atoms with Crippen LogP contribution in [0, 0.1) is 0 Å². The Hall–Kier alpha value is -2.40. The van der Waals surface area contributed by atoms with E-state index < -0.39 is 0 Å². The number of hydrogen-bond acceptors (Lipinski definition) is 4. The van der Waals surface area contributed by atoms with Gasteiger partial charge in [0.25, 0.3) is 0 Å². The molecule has 2 aromatic carbocycles. The quantitative estimate of drug-likeness (QED) is 0.601. The van der Waals surface area contributed by atoms with Crippen LogP contribution in [0.5, 0.6) is 0 Å². The SMILES string of the molecule is O=C(CC1c2ccccc2CCN1c1nc2ccccc2s1)N1CCCCCC1.